The maximum Gasteiger partial charge on any atom is 0.0748 e. The van der Waals surface area contributed by atoms with Crippen molar-refractivity contribution in [1.29, 1.82) is 0 Å². The summed E-state index contributed by atoms with van der Waals surface area (Å²) in [5, 5.41) is 3.39. The molecule has 2 rings (SSSR count). The Bertz CT molecular complexity index is 337. The quantitative estimate of drug-likeness (QED) is 0.665. The van der Waals surface area contributed by atoms with Gasteiger partial charge in [-0.25, -0.2) is 0 Å². The van der Waals surface area contributed by atoms with Crippen molar-refractivity contribution in [2.24, 2.45) is 0 Å². The van der Waals surface area contributed by atoms with Gasteiger partial charge in [0.2, 0.25) is 0 Å². The SMILES string of the molecule is Nc1ccc(NCC2CCCO2)c(I)c1. The van der Waals surface area contributed by atoms with Crippen molar-refractivity contribution >= 4 is 34.0 Å². The van der Waals surface area contributed by atoms with Crippen molar-refractivity contribution < 1.29 is 4.74 Å². The molecule has 0 radical (unpaired) electrons. The minimum absolute atomic E-state index is 0.373. The number of nitrogens with one attached hydrogen (secondary N) is 1. The van der Waals surface area contributed by atoms with E-state index in [4.69, 9.17) is 10.5 Å². The number of halogens is 1. The topological polar surface area (TPSA) is 47.3 Å². The molecule has 1 aliphatic heterocycles. The van der Waals surface area contributed by atoms with Crippen LogP contribution in [0.25, 0.3) is 0 Å². The molecular formula is C11H15IN2O. The lowest BCUT2D eigenvalue weighted by atomic mass is 10.2. The van der Waals surface area contributed by atoms with Crippen molar-refractivity contribution in [3.05, 3.63) is 21.8 Å². The number of nitrogen functional groups attached to an aromatic ring is 1. The van der Waals surface area contributed by atoms with Crippen LogP contribution in [0.4, 0.5) is 11.4 Å². The molecule has 15 heavy (non-hydrogen) atoms. The third kappa shape index (κ3) is 2.98. The molecule has 0 aromatic heterocycles. The fraction of sp³-hybridized carbons (Fsp3) is 0.455. The van der Waals surface area contributed by atoms with E-state index < -0.39 is 0 Å². The lowest BCUT2D eigenvalue weighted by molar-refractivity contribution is 0.120. The second kappa shape index (κ2) is 5.03. The first kappa shape index (κ1) is 11.0. The van der Waals surface area contributed by atoms with Crippen LogP contribution in [-0.2, 0) is 4.74 Å². The fourth-order valence-corrected chi connectivity index (χ4v) is 2.43. The Morgan fingerprint density at radius 1 is 1.53 bits per heavy atom. The summed E-state index contributed by atoms with van der Waals surface area (Å²) in [5.41, 5.74) is 7.64. The minimum atomic E-state index is 0.373. The first-order valence-electron chi connectivity index (χ1n) is 5.16. The molecule has 0 aliphatic carbocycles. The predicted molar refractivity (Wildman–Crippen MR) is 71.0 cm³/mol. The van der Waals surface area contributed by atoms with Gasteiger partial charge >= 0.3 is 0 Å². The van der Waals surface area contributed by atoms with Crippen molar-refractivity contribution in [2.75, 3.05) is 24.2 Å². The molecule has 1 heterocycles. The van der Waals surface area contributed by atoms with E-state index in [2.05, 4.69) is 27.9 Å². The number of ether oxygens (including phenoxy) is 1. The smallest absolute Gasteiger partial charge is 0.0748 e. The van der Waals surface area contributed by atoms with Gasteiger partial charge in [-0.15, -0.1) is 0 Å². The standard InChI is InChI=1S/C11H15IN2O/c12-10-6-8(13)3-4-11(10)14-7-9-2-1-5-15-9/h3-4,6,9,14H,1-2,5,7,13H2. The highest BCUT2D eigenvalue weighted by molar-refractivity contribution is 14.1. The Morgan fingerprint density at radius 3 is 3.07 bits per heavy atom. The highest BCUT2D eigenvalue weighted by Gasteiger charge is 2.15. The third-order valence-corrected chi connectivity index (χ3v) is 3.43. The van der Waals surface area contributed by atoms with E-state index in [9.17, 15) is 0 Å². The molecule has 1 aromatic rings. The van der Waals surface area contributed by atoms with E-state index >= 15 is 0 Å². The van der Waals surface area contributed by atoms with Crippen LogP contribution in [0.15, 0.2) is 18.2 Å². The third-order valence-electron chi connectivity index (χ3n) is 2.54. The van der Waals surface area contributed by atoms with Gasteiger partial charge in [0.15, 0.2) is 0 Å². The molecular weight excluding hydrogens is 303 g/mol. The van der Waals surface area contributed by atoms with Crippen LogP contribution >= 0.6 is 22.6 Å². The molecule has 3 nitrogen and oxygen atoms in total. The summed E-state index contributed by atoms with van der Waals surface area (Å²) in [7, 11) is 0. The molecule has 0 spiro atoms. The van der Waals surface area contributed by atoms with Gasteiger partial charge in [0, 0.05) is 28.1 Å². The normalized spacial score (nSPS) is 20.5. The maximum atomic E-state index is 5.69. The molecule has 1 saturated heterocycles. The maximum absolute atomic E-state index is 5.69. The zero-order valence-electron chi connectivity index (χ0n) is 8.50. The second-order valence-corrected chi connectivity index (χ2v) is 4.92. The molecule has 1 atom stereocenters. The summed E-state index contributed by atoms with van der Waals surface area (Å²) < 4.78 is 6.71. The van der Waals surface area contributed by atoms with Gasteiger partial charge in [-0.1, -0.05) is 0 Å². The summed E-state index contributed by atoms with van der Waals surface area (Å²) in [6.45, 7) is 1.80. The number of anilines is 2. The number of hydrogen-bond acceptors (Lipinski definition) is 3. The summed E-state index contributed by atoms with van der Waals surface area (Å²) in [6, 6.07) is 5.91. The van der Waals surface area contributed by atoms with E-state index in [1.807, 2.05) is 18.2 Å². The number of benzene rings is 1. The van der Waals surface area contributed by atoms with E-state index in [0.29, 0.717) is 6.10 Å². The van der Waals surface area contributed by atoms with E-state index in [-0.39, 0.29) is 0 Å². The lowest BCUT2D eigenvalue weighted by Gasteiger charge is -2.13. The highest BCUT2D eigenvalue weighted by atomic mass is 127. The average Bonchev–Trinajstić information content (AvgIpc) is 2.69. The number of hydrogen-bond donors (Lipinski definition) is 2. The minimum Gasteiger partial charge on any atom is -0.399 e. The first-order valence-corrected chi connectivity index (χ1v) is 6.24. The molecule has 82 valence electrons. The van der Waals surface area contributed by atoms with Crippen molar-refractivity contribution in [3.63, 3.8) is 0 Å². The molecule has 1 aliphatic rings. The van der Waals surface area contributed by atoms with Crippen molar-refractivity contribution in [3.8, 4) is 0 Å². The van der Waals surface area contributed by atoms with Crippen LogP contribution < -0.4 is 11.1 Å². The van der Waals surface area contributed by atoms with Crippen LogP contribution in [0, 0.1) is 3.57 Å². The summed E-state index contributed by atoms with van der Waals surface area (Å²) >= 11 is 2.29. The largest absolute Gasteiger partial charge is 0.399 e. The van der Waals surface area contributed by atoms with Gasteiger partial charge in [-0.05, 0) is 53.6 Å². The molecule has 0 saturated carbocycles. The van der Waals surface area contributed by atoms with Gasteiger partial charge < -0.3 is 15.8 Å². The number of rotatable bonds is 3. The Morgan fingerprint density at radius 2 is 2.40 bits per heavy atom. The van der Waals surface area contributed by atoms with E-state index in [1.165, 1.54) is 12.8 Å². The zero-order valence-corrected chi connectivity index (χ0v) is 10.7. The fourth-order valence-electron chi connectivity index (χ4n) is 1.70. The molecule has 1 fully saturated rings. The van der Waals surface area contributed by atoms with Crippen LogP contribution in [0.2, 0.25) is 0 Å². The summed E-state index contributed by atoms with van der Waals surface area (Å²) in [4.78, 5) is 0. The number of nitrogens with two attached hydrogens (primary N) is 1. The predicted octanol–water partition coefficient (Wildman–Crippen LogP) is 2.46. The van der Waals surface area contributed by atoms with Crippen LogP contribution in [-0.4, -0.2) is 19.3 Å². The Labute approximate surface area is 104 Å². The monoisotopic (exact) mass is 318 g/mol. The molecule has 0 amide bonds. The average molecular weight is 318 g/mol. The van der Waals surface area contributed by atoms with Gasteiger partial charge in [-0.3, -0.25) is 0 Å². The van der Waals surface area contributed by atoms with Crippen LogP contribution in [0.5, 0.6) is 0 Å². The Hall–Kier alpha value is -0.490. The van der Waals surface area contributed by atoms with Crippen molar-refractivity contribution in [1.82, 2.24) is 0 Å². The zero-order chi connectivity index (χ0) is 10.7. The second-order valence-electron chi connectivity index (χ2n) is 3.76. The molecule has 1 unspecified atom stereocenters. The van der Waals surface area contributed by atoms with Crippen molar-refractivity contribution in [2.45, 2.75) is 18.9 Å². The summed E-state index contributed by atoms with van der Waals surface area (Å²) in [5.74, 6) is 0. The van der Waals surface area contributed by atoms with Gasteiger partial charge in [0.25, 0.3) is 0 Å². The van der Waals surface area contributed by atoms with Gasteiger partial charge in [0.1, 0.15) is 0 Å². The molecule has 0 bridgehead atoms. The molecule has 4 heteroatoms. The van der Waals surface area contributed by atoms with Gasteiger partial charge in [0.05, 0.1) is 6.10 Å². The van der Waals surface area contributed by atoms with E-state index in [1.54, 1.807) is 0 Å². The lowest BCUT2D eigenvalue weighted by Crippen LogP contribution is -2.18. The van der Waals surface area contributed by atoms with Gasteiger partial charge in [-0.2, -0.15) is 0 Å². The Balaban J connectivity index is 1.92. The van der Waals surface area contributed by atoms with Crippen LogP contribution in [0.3, 0.4) is 0 Å². The van der Waals surface area contributed by atoms with E-state index in [0.717, 1.165) is 28.1 Å². The van der Waals surface area contributed by atoms with Crippen LogP contribution in [0.1, 0.15) is 12.8 Å². The first-order chi connectivity index (χ1) is 7.25. The highest BCUT2D eigenvalue weighted by Crippen LogP contribution is 2.21. The molecule has 3 N–H and O–H groups in total. The Kier molecular flexibility index (Phi) is 3.69. The summed E-state index contributed by atoms with van der Waals surface area (Å²) in [6.07, 6.45) is 2.72. The molecule has 1 aromatic carbocycles.